The van der Waals surface area contributed by atoms with Crippen LogP contribution in [0.1, 0.15) is 53.4 Å². The van der Waals surface area contributed by atoms with Crippen LogP contribution in [0.15, 0.2) is 12.2 Å². The number of carbonyl (C=O) groups excluding carboxylic acids is 3. The van der Waals surface area contributed by atoms with Crippen LogP contribution in [0.3, 0.4) is 0 Å². The van der Waals surface area contributed by atoms with Crippen molar-refractivity contribution < 1.29 is 38.4 Å². The molecule has 2 aliphatic heterocycles. The molecule has 0 amide bonds. The molecule has 1 N–H and O–H groups in total. The molecule has 8 heteroatoms. The van der Waals surface area contributed by atoms with Crippen molar-refractivity contribution in [2.24, 2.45) is 34.0 Å². The fourth-order valence-corrected chi connectivity index (χ4v) is 8.13. The van der Waals surface area contributed by atoms with Crippen molar-refractivity contribution in [3.05, 3.63) is 12.2 Å². The Hall–Kier alpha value is -1.93. The van der Waals surface area contributed by atoms with Gasteiger partial charge in [0.25, 0.3) is 0 Å². The fourth-order valence-electron chi connectivity index (χ4n) is 8.13. The van der Waals surface area contributed by atoms with E-state index in [1.165, 1.54) is 13.8 Å². The monoisotopic (exact) mass is 448 g/mol. The van der Waals surface area contributed by atoms with Crippen molar-refractivity contribution in [2.45, 2.75) is 78.0 Å². The van der Waals surface area contributed by atoms with E-state index >= 15 is 0 Å². The lowest BCUT2D eigenvalue weighted by Gasteiger charge is -2.63. The maximum Gasteiger partial charge on any atom is 0.316 e. The Morgan fingerprint density at radius 3 is 2.50 bits per heavy atom. The van der Waals surface area contributed by atoms with Gasteiger partial charge in [0.05, 0.1) is 12.7 Å². The lowest BCUT2D eigenvalue weighted by molar-refractivity contribution is -0.266. The maximum absolute atomic E-state index is 13.7. The van der Waals surface area contributed by atoms with E-state index in [2.05, 4.69) is 20.4 Å². The van der Waals surface area contributed by atoms with Gasteiger partial charge in [0, 0.05) is 31.1 Å². The van der Waals surface area contributed by atoms with Crippen molar-refractivity contribution in [3.63, 3.8) is 0 Å². The zero-order valence-electron chi connectivity index (χ0n) is 19.1. The van der Waals surface area contributed by atoms with E-state index in [9.17, 15) is 19.5 Å². The Morgan fingerprint density at radius 2 is 1.84 bits per heavy atom. The molecule has 3 saturated carbocycles. The highest BCUT2D eigenvalue weighted by Gasteiger charge is 2.80. The number of esters is 3. The number of aliphatic hydroxyl groups excluding tert-OH is 1. The second kappa shape index (κ2) is 6.79. The average Bonchev–Trinajstić information content (AvgIpc) is 3.15. The van der Waals surface area contributed by atoms with Gasteiger partial charge >= 0.3 is 17.9 Å². The van der Waals surface area contributed by atoms with E-state index in [1.54, 1.807) is 0 Å². The van der Waals surface area contributed by atoms with Crippen LogP contribution in [0.25, 0.3) is 0 Å². The van der Waals surface area contributed by atoms with Gasteiger partial charge in [0.15, 0.2) is 0 Å². The summed E-state index contributed by atoms with van der Waals surface area (Å²) in [6, 6.07) is 0. The molecule has 0 radical (unpaired) electrons. The Morgan fingerprint density at radius 1 is 1.16 bits per heavy atom. The zero-order chi connectivity index (χ0) is 23.2. The summed E-state index contributed by atoms with van der Waals surface area (Å²) < 4.78 is 23.6. The summed E-state index contributed by atoms with van der Waals surface area (Å²) in [4.78, 5) is 37.6. The van der Waals surface area contributed by atoms with Gasteiger partial charge in [-0.3, -0.25) is 14.4 Å². The van der Waals surface area contributed by atoms with Crippen molar-refractivity contribution >= 4 is 17.9 Å². The second-order valence-corrected chi connectivity index (χ2v) is 11.1. The van der Waals surface area contributed by atoms with Crippen molar-refractivity contribution in [1.29, 1.82) is 0 Å². The third kappa shape index (κ3) is 2.59. The van der Waals surface area contributed by atoms with Crippen LogP contribution in [0.2, 0.25) is 0 Å². The Bertz CT molecular complexity index is 894. The first kappa shape index (κ1) is 21.9. The molecule has 2 spiro atoms. The van der Waals surface area contributed by atoms with Crippen LogP contribution in [0.4, 0.5) is 0 Å². The maximum atomic E-state index is 13.7. The second-order valence-electron chi connectivity index (χ2n) is 11.1. The summed E-state index contributed by atoms with van der Waals surface area (Å²) in [6.07, 6.45) is -0.681. The third-order valence-corrected chi connectivity index (χ3v) is 8.99. The first-order valence-corrected chi connectivity index (χ1v) is 11.5. The SMILES string of the molecule is C=C1C2CC(O)C3C(C2)(C(=O)OC2CCC(C)(C)C4C(OC(C)=O)OCC243)C1OC(C)=O. The van der Waals surface area contributed by atoms with Gasteiger partial charge in [0.2, 0.25) is 6.29 Å². The van der Waals surface area contributed by atoms with Crippen molar-refractivity contribution in [1.82, 2.24) is 0 Å². The van der Waals surface area contributed by atoms with Gasteiger partial charge in [-0.1, -0.05) is 20.4 Å². The minimum absolute atomic E-state index is 0.132. The van der Waals surface area contributed by atoms with Gasteiger partial charge in [-0.05, 0) is 42.6 Å². The number of ether oxygens (including phenoxy) is 4. The van der Waals surface area contributed by atoms with E-state index in [4.69, 9.17) is 18.9 Å². The average molecular weight is 449 g/mol. The largest absolute Gasteiger partial charge is 0.461 e. The van der Waals surface area contributed by atoms with E-state index in [0.29, 0.717) is 24.8 Å². The van der Waals surface area contributed by atoms with Gasteiger partial charge in [-0.2, -0.15) is 0 Å². The predicted molar refractivity (Wildman–Crippen MR) is 110 cm³/mol. The molecule has 8 nitrogen and oxygen atoms in total. The molecule has 9 atom stereocenters. The number of fused-ring (bicyclic) bond motifs is 1. The minimum Gasteiger partial charge on any atom is -0.461 e. The molecule has 2 bridgehead atoms. The Balaban J connectivity index is 1.69. The van der Waals surface area contributed by atoms with Crippen molar-refractivity contribution in [2.75, 3.05) is 6.61 Å². The van der Waals surface area contributed by atoms with Gasteiger partial charge in [0.1, 0.15) is 17.6 Å². The molecule has 0 aromatic carbocycles. The van der Waals surface area contributed by atoms with E-state index < -0.39 is 59.3 Å². The molecule has 2 saturated heterocycles. The molecule has 5 rings (SSSR count). The van der Waals surface area contributed by atoms with Crippen molar-refractivity contribution in [3.8, 4) is 0 Å². The summed E-state index contributed by atoms with van der Waals surface area (Å²) in [6.45, 7) is 11.2. The van der Waals surface area contributed by atoms with Gasteiger partial charge < -0.3 is 24.1 Å². The van der Waals surface area contributed by atoms with E-state index in [1.807, 2.05) is 0 Å². The Kier molecular flexibility index (Phi) is 4.65. The molecular formula is C24H32O8. The zero-order valence-corrected chi connectivity index (χ0v) is 19.1. The molecule has 176 valence electrons. The van der Waals surface area contributed by atoms with Crippen LogP contribution < -0.4 is 0 Å². The fraction of sp³-hybridized carbons (Fsp3) is 0.792. The van der Waals surface area contributed by atoms with Crippen LogP contribution >= 0.6 is 0 Å². The van der Waals surface area contributed by atoms with Gasteiger partial charge in [-0.15, -0.1) is 0 Å². The molecule has 9 unspecified atom stereocenters. The highest BCUT2D eigenvalue weighted by Crippen LogP contribution is 2.72. The minimum atomic E-state index is -1.22. The van der Waals surface area contributed by atoms with Crippen LogP contribution in [-0.4, -0.2) is 54.2 Å². The number of hydrogen-bond donors (Lipinski definition) is 1. The lowest BCUT2D eigenvalue weighted by atomic mass is 9.43. The van der Waals surface area contributed by atoms with E-state index in [0.717, 1.165) is 6.42 Å². The number of hydrogen-bond acceptors (Lipinski definition) is 8. The summed E-state index contributed by atoms with van der Waals surface area (Å²) in [5.74, 6) is -2.35. The molecule has 0 aromatic rings. The number of rotatable bonds is 2. The first-order valence-electron chi connectivity index (χ1n) is 11.5. The first-order chi connectivity index (χ1) is 14.9. The molecule has 5 fully saturated rings. The van der Waals surface area contributed by atoms with Gasteiger partial charge in [-0.25, -0.2) is 0 Å². The number of aliphatic hydroxyl groups is 1. The van der Waals surface area contributed by atoms with Crippen LogP contribution in [0.5, 0.6) is 0 Å². The predicted octanol–water partition coefficient (Wildman–Crippen LogP) is 2.13. The summed E-state index contributed by atoms with van der Waals surface area (Å²) in [5, 5.41) is 11.5. The topological polar surface area (TPSA) is 108 Å². The highest BCUT2D eigenvalue weighted by atomic mass is 16.7. The normalized spacial score (nSPS) is 48.2. The standard InChI is InChI=1S/C24H32O8/c1-11-14-8-15(27)17-23(9-14,19(11)30-12(2)25)21(28)32-16-6-7-22(4,5)18-20(31-13(3)26)29-10-24(16,17)18/h14-20,27H,1,6-10H2,2-5H3. The smallest absolute Gasteiger partial charge is 0.316 e. The summed E-state index contributed by atoms with van der Waals surface area (Å²) in [5.41, 5.74) is -1.61. The highest BCUT2D eigenvalue weighted by molar-refractivity contribution is 5.83. The van der Waals surface area contributed by atoms with Crippen LogP contribution in [0, 0.1) is 34.0 Å². The Labute approximate surface area is 187 Å². The third-order valence-electron chi connectivity index (χ3n) is 8.99. The van der Waals surface area contributed by atoms with Crippen LogP contribution in [-0.2, 0) is 33.3 Å². The summed E-state index contributed by atoms with van der Waals surface area (Å²) in [7, 11) is 0. The summed E-state index contributed by atoms with van der Waals surface area (Å²) >= 11 is 0. The quantitative estimate of drug-likeness (QED) is 0.389. The molecular weight excluding hydrogens is 416 g/mol. The molecule has 0 aromatic heterocycles. The van der Waals surface area contributed by atoms with E-state index in [-0.39, 0.29) is 23.9 Å². The molecule has 2 heterocycles. The molecule has 5 aliphatic rings. The molecule has 32 heavy (non-hydrogen) atoms. The number of carbonyl (C=O) groups is 3. The lowest BCUT2D eigenvalue weighted by Crippen LogP contribution is -2.71. The molecule has 3 aliphatic carbocycles.